The van der Waals surface area contributed by atoms with Crippen molar-refractivity contribution in [1.29, 1.82) is 0 Å². The molecule has 0 bridgehead atoms. The quantitative estimate of drug-likeness (QED) is 0.413. The topological polar surface area (TPSA) is 3.24 Å². The molecule has 0 rings (SSSR count). The van der Waals surface area contributed by atoms with Crippen LogP contribution in [0.25, 0.3) is 0 Å². The van der Waals surface area contributed by atoms with E-state index in [0.717, 1.165) is 6.54 Å². The van der Waals surface area contributed by atoms with Gasteiger partial charge in [0, 0.05) is 6.54 Å². The van der Waals surface area contributed by atoms with E-state index in [-0.39, 0.29) is 0 Å². The van der Waals surface area contributed by atoms with Crippen LogP contribution in [0.2, 0.25) is 0 Å². The highest BCUT2D eigenvalue weighted by Crippen LogP contribution is 2.11. The zero-order chi connectivity index (χ0) is 16.1. The van der Waals surface area contributed by atoms with Gasteiger partial charge in [-0.1, -0.05) is 48.3 Å². The lowest BCUT2D eigenvalue weighted by molar-refractivity contribution is 0.361. The highest BCUT2D eigenvalue weighted by Gasteiger charge is 1.96. The number of rotatable bonds is 11. The van der Waals surface area contributed by atoms with Crippen LogP contribution < -0.4 is 0 Å². The summed E-state index contributed by atoms with van der Waals surface area (Å²) in [5.41, 5.74) is 4.47. The Morgan fingerprint density at radius 3 is 2.00 bits per heavy atom. The molecule has 0 unspecified atom stereocenters. The van der Waals surface area contributed by atoms with E-state index >= 15 is 0 Å². The van der Waals surface area contributed by atoms with Crippen molar-refractivity contribution in [3.05, 3.63) is 34.9 Å². The van der Waals surface area contributed by atoms with Crippen molar-refractivity contribution in [2.75, 3.05) is 20.1 Å². The third-order valence-electron chi connectivity index (χ3n) is 3.77. The van der Waals surface area contributed by atoms with Crippen molar-refractivity contribution in [3.63, 3.8) is 0 Å². The minimum Gasteiger partial charge on any atom is -0.303 e. The van der Waals surface area contributed by atoms with Gasteiger partial charge in [-0.05, 0) is 73.4 Å². The van der Waals surface area contributed by atoms with Gasteiger partial charge < -0.3 is 4.90 Å². The molecule has 0 saturated carbocycles. The predicted octanol–water partition coefficient (Wildman–Crippen LogP) is 6.14. The van der Waals surface area contributed by atoms with Crippen LogP contribution >= 0.6 is 0 Å². The fourth-order valence-electron chi connectivity index (χ4n) is 2.17. The van der Waals surface area contributed by atoms with Crippen molar-refractivity contribution >= 4 is 0 Å². The van der Waals surface area contributed by atoms with Crippen LogP contribution in [0.1, 0.15) is 73.1 Å². The number of likely N-dealkylation sites (N-methyl/N-ethyl adjacent to an activating group) is 1. The first-order valence-electron chi connectivity index (χ1n) is 8.58. The maximum absolute atomic E-state index is 2.41. The monoisotopic (exact) mass is 291 g/mol. The summed E-state index contributed by atoms with van der Waals surface area (Å²) in [6.07, 6.45) is 14.5. The summed E-state index contributed by atoms with van der Waals surface area (Å²) in [6.45, 7) is 13.4. The summed E-state index contributed by atoms with van der Waals surface area (Å²) in [5, 5.41) is 0. The Kier molecular flexibility index (Phi) is 12.4. The summed E-state index contributed by atoms with van der Waals surface area (Å²) in [7, 11) is 2.22. The second-order valence-corrected chi connectivity index (χ2v) is 6.58. The van der Waals surface area contributed by atoms with E-state index in [2.05, 4.69) is 64.8 Å². The molecular formula is C20H37N. The number of allylic oxidation sites excluding steroid dienone is 5. The van der Waals surface area contributed by atoms with Gasteiger partial charge in [-0.15, -0.1) is 0 Å². The zero-order valence-corrected chi connectivity index (χ0v) is 15.3. The number of nitrogens with zero attached hydrogens (tertiary/aromatic N) is 1. The number of hydrogen-bond donors (Lipinski definition) is 0. The molecule has 0 N–H and O–H groups in total. The third-order valence-corrected chi connectivity index (χ3v) is 3.77. The molecule has 0 aromatic carbocycles. The van der Waals surface area contributed by atoms with E-state index < -0.39 is 0 Å². The Bertz CT molecular complexity index is 343. The maximum Gasteiger partial charge on any atom is 0.0162 e. The molecule has 122 valence electrons. The van der Waals surface area contributed by atoms with Crippen LogP contribution in [0.3, 0.4) is 0 Å². The molecule has 1 nitrogen and oxygen atoms in total. The average Bonchev–Trinajstić information content (AvgIpc) is 2.42. The van der Waals surface area contributed by atoms with E-state index in [1.54, 1.807) is 0 Å². The van der Waals surface area contributed by atoms with Gasteiger partial charge in [0.05, 0.1) is 0 Å². The Hall–Kier alpha value is -0.820. The van der Waals surface area contributed by atoms with Crippen LogP contribution in [0.4, 0.5) is 0 Å². The van der Waals surface area contributed by atoms with E-state index in [1.807, 2.05) is 0 Å². The molecule has 0 aliphatic heterocycles. The van der Waals surface area contributed by atoms with Crippen LogP contribution in [0, 0.1) is 0 Å². The van der Waals surface area contributed by atoms with E-state index in [4.69, 9.17) is 0 Å². The van der Waals surface area contributed by atoms with Crippen molar-refractivity contribution in [2.24, 2.45) is 0 Å². The minimum atomic E-state index is 1.09. The molecular weight excluding hydrogens is 254 g/mol. The normalized spacial score (nSPS) is 12.9. The van der Waals surface area contributed by atoms with Crippen molar-refractivity contribution < 1.29 is 0 Å². The van der Waals surface area contributed by atoms with Crippen molar-refractivity contribution in [3.8, 4) is 0 Å². The van der Waals surface area contributed by atoms with E-state index in [0.29, 0.717) is 0 Å². The molecule has 0 fully saturated rings. The van der Waals surface area contributed by atoms with Gasteiger partial charge in [-0.25, -0.2) is 0 Å². The molecule has 0 aliphatic rings. The van der Waals surface area contributed by atoms with E-state index in [1.165, 1.54) is 61.8 Å². The molecule has 0 aromatic rings. The second-order valence-electron chi connectivity index (χ2n) is 6.58. The molecule has 0 aromatic heterocycles. The van der Waals surface area contributed by atoms with Gasteiger partial charge >= 0.3 is 0 Å². The van der Waals surface area contributed by atoms with Gasteiger partial charge in [-0.3, -0.25) is 0 Å². The van der Waals surface area contributed by atoms with Crippen LogP contribution in [0.5, 0.6) is 0 Å². The molecule has 0 atom stereocenters. The Morgan fingerprint density at radius 2 is 1.43 bits per heavy atom. The van der Waals surface area contributed by atoms with Crippen molar-refractivity contribution in [2.45, 2.75) is 73.1 Å². The largest absolute Gasteiger partial charge is 0.303 e. The SMILES string of the molecule is CCCCN(C)C/C=C(\C)CC/C=C(\C)CCC=C(C)C. The van der Waals surface area contributed by atoms with Gasteiger partial charge in [0.25, 0.3) is 0 Å². The lowest BCUT2D eigenvalue weighted by Crippen LogP contribution is -2.19. The number of unbranched alkanes of at least 4 members (excludes halogenated alkanes) is 1. The number of hydrogen-bond acceptors (Lipinski definition) is 1. The van der Waals surface area contributed by atoms with Crippen LogP contribution in [-0.2, 0) is 0 Å². The van der Waals surface area contributed by atoms with Gasteiger partial charge in [0.1, 0.15) is 0 Å². The summed E-state index contributed by atoms with van der Waals surface area (Å²) in [6, 6.07) is 0. The molecule has 1 heteroatoms. The summed E-state index contributed by atoms with van der Waals surface area (Å²) in [5.74, 6) is 0. The fraction of sp³-hybridized carbons (Fsp3) is 0.700. The summed E-state index contributed by atoms with van der Waals surface area (Å²) in [4.78, 5) is 2.41. The Labute approximate surface area is 133 Å². The Morgan fingerprint density at radius 1 is 0.857 bits per heavy atom. The lowest BCUT2D eigenvalue weighted by Gasteiger charge is -2.14. The molecule has 21 heavy (non-hydrogen) atoms. The average molecular weight is 292 g/mol. The highest BCUT2D eigenvalue weighted by atomic mass is 15.1. The molecule has 0 spiro atoms. The maximum atomic E-state index is 2.41. The summed E-state index contributed by atoms with van der Waals surface area (Å²) < 4.78 is 0. The first-order valence-corrected chi connectivity index (χ1v) is 8.58. The van der Waals surface area contributed by atoms with Crippen LogP contribution in [0.15, 0.2) is 34.9 Å². The summed E-state index contributed by atoms with van der Waals surface area (Å²) >= 11 is 0. The van der Waals surface area contributed by atoms with E-state index in [9.17, 15) is 0 Å². The second kappa shape index (κ2) is 12.9. The molecule has 0 aliphatic carbocycles. The van der Waals surface area contributed by atoms with Gasteiger partial charge in [-0.2, -0.15) is 0 Å². The standard InChI is InChI=1S/C20H37N/c1-7-8-16-21(6)17-15-20(5)14-10-13-19(4)12-9-11-18(2)3/h11,13,15H,7-10,12,14,16-17H2,1-6H3/b19-13+,20-15+. The predicted molar refractivity (Wildman–Crippen MR) is 97.8 cm³/mol. The first kappa shape index (κ1) is 20.2. The Balaban J connectivity index is 3.90. The minimum absolute atomic E-state index is 1.09. The van der Waals surface area contributed by atoms with Crippen molar-refractivity contribution in [1.82, 2.24) is 4.90 Å². The fourth-order valence-corrected chi connectivity index (χ4v) is 2.17. The van der Waals surface area contributed by atoms with Gasteiger partial charge in [0.2, 0.25) is 0 Å². The molecule has 0 saturated heterocycles. The van der Waals surface area contributed by atoms with Crippen LogP contribution in [-0.4, -0.2) is 25.0 Å². The third kappa shape index (κ3) is 13.9. The zero-order valence-electron chi connectivity index (χ0n) is 15.3. The first-order chi connectivity index (χ1) is 9.95. The smallest absolute Gasteiger partial charge is 0.0162 e. The lowest BCUT2D eigenvalue weighted by atomic mass is 10.1. The molecule has 0 amide bonds. The molecule has 0 radical (unpaired) electrons. The van der Waals surface area contributed by atoms with Gasteiger partial charge in [0.15, 0.2) is 0 Å². The highest BCUT2D eigenvalue weighted by molar-refractivity contribution is 5.05. The molecule has 0 heterocycles.